The van der Waals surface area contributed by atoms with Gasteiger partial charge in [0.15, 0.2) is 17.5 Å². The van der Waals surface area contributed by atoms with Gasteiger partial charge in [-0.05, 0) is 50.3 Å². The lowest BCUT2D eigenvalue weighted by Crippen LogP contribution is -2.45. The summed E-state index contributed by atoms with van der Waals surface area (Å²) >= 11 is 0. The zero-order valence-corrected chi connectivity index (χ0v) is 19.7. The van der Waals surface area contributed by atoms with E-state index in [4.69, 9.17) is 19.2 Å². The summed E-state index contributed by atoms with van der Waals surface area (Å²) in [5, 5.41) is 7.11. The van der Waals surface area contributed by atoms with Gasteiger partial charge in [0.05, 0.1) is 6.54 Å². The smallest absolute Gasteiger partial charge is 0.231 e. The van der Waals surface area contributed by atoms with Crippen molar-refractivity contribution in [3.63, 3.8) is 0 Å². The van der Waals surface area contributed by atoms with Crippen LogP contribution in [0.15, 0.2) is 23.2 Å². The quantitative estimate of drug-likeness (QED) is 0.353. The predicted octanol–water partition coefficient (Wildman–Crippen LogP) is 3.97. The van der Waals surface area contributed by atoms with Crippen LogP contribution in [-0.4, -0.2) is 45.1 Å². The van der Waals surface area contributed by atoms with Crippen LogP contribution < -0.4 is 20.1 Å². The first kappa shape index (κ1) is 22.5. The Morgan fingerprint density at radius 2 is 1.86 bits per heavy atom. The molecule has 0 amide bonds. The molecule has 6 nitrogen and oxygen atoms in total. The van der Waals surface area contributed by atoms with E-state index in [0.717, 1.165) is 56.6 Å². The van der Waals surface area contributed by atoms with Crippen molar-refractivity contribution in [3.8, 4) is 11.5 Å². The molecule has 4 rings (SSSR count). The largest absolute Gasteiger partial charge is 0.454 e. The van der Waals surface area contributed by atoms with Crippen molar-refractivity contribution in [3.05, 3.63) is 23.8 Å². The molecule has 3 aliphatic rings. The summed E-state index contributed by atoms with van der Waals surface area (Å²) in [5.74, 6) is 2.63. The van der Waals surface area contributed by atoms with E-state index >= 15 is 0 Å². The van der Waals surface area contributed by atoms with Gasteiger partial charge < -0.3 is 24.8 Å². The van der Waals surface area contributed by atoms with Gasteiger partial charge in [-0.2, -0.15) is 0 Å². The molecule has 2 fully saturated rings. The van der Waals surface area contributed by atoms with Gasteiger partial charge in [0.25, 0.3) is 0 Å². The zero-order chi connectivity index (χ0) is 19.2. The number of ether oxygens (including phenoxy) is 3. The molecule has 0 radical (unpaired) electrons. The molecule has 1 aromatic rings. The first-order chi connectivity index (χ1) is 13.8. The molecular weight excluding hydrogens is 481 g/mol. The van der Waals surface area contributed by atoms with Crippen LogP contribution in [0.25, 0.3) is 0 Å². The van der Waals surface area contributed by atoms with Gasteiger partial charge in [-0.3, -0.25) is 4.99 Å². The van der Waals surface area contributed by atoms with Crippen LogP contribution in [0.5, 0.6) is 11.5 Å². The Labute approximate surface area is 191 Å². The average Bonchev–Trinajstić information content (AvgIpc) is 3.22. The number of guanidine groups is 1. The average molecular weight is 515 g/mol. The number of hydrogen-bond donors (Lipinski definition) is 2. The Morgan fingerprint density at radius 3 is 2.62 bits per heavy atom. The van der Waals surface area contributed by atoms with E-state index in [0.29, 0.717) is 12.8 Å². The van der Waals surface area contributed by atoms with E-state index in [2.05, 4.69) is 29.7 Å². The number of fused-ring (bicyclic) bond motifs is 1. The third kappa shape index (κ3) is 5.48. The fraction of sp³-hybridized carbons (Fsp3) is 0.682. The maximum absolute atomic E-state index is 5.68. The molecule has 2 aliphatic heterocycles. The van der Waals surface area contributed by atoms with E-state index in [9.17, 15) is 0 Å². The second-order valence-corrected chi connectivity index (χ2v) is 8.14. The van der Waals surface area contributed by atoms with Crippen molar-refractivity contribution in [1.29, 1.82) is 0 Å². The van der Waals surface area contributed by atoms with Crippen molar-refractivity contribution >= 4 is 29.9 Å². The van der Waals surface area contributed by atoms with Crippen LogP contribution in [0, 0.1) is 0 Å². The molecule has 0 bridgehead atoms. The summed E-state index contributed by atoms with van der Waals surface area (Å²) in [6, 6.07) is 6.90. The third-order valence-electron chi connectivity index (χ3n) is 6.26. The van der Waals surface area contributed by atoms with Gasteiger partial charge in [0.1, 0.15) is 0 Å². The van der Waals surface area contributed by atoms with Gasteiger partial charge in [0.2, 0.25) is 6.79 Å². The van der Waals surface area contributed by atoms with E-state index in [1.54, 1.807) is 0 Å². The number of hydrogen-bond acceptors (Lipinski definition) is 4. The molecule has 1 aliphatic carbocycles. The van der Waals surface area contributed by atoms with Gasteiger partial charge in [0, 0.05) is 31.2 Å². The second-order valence-electron chi connectivity index (χ2n) is 8.14. The number of nitrogens with one attached hydrogen (secondary N) is 2. The molecule has 0 aromatic heterocycles. The Bertz CT molecular complexity index is 686. The van der Waals surface area contributed by atoms with Crippen molar-refractivity contribution < 1.29 is 14.2 Å². The van der Waals surface area contributed by atoms with Gasteiger partial charge in [-0.15, -0.1) is 24.0 Å². The summed E-state index contributed by atoms with van der Waals surface area (Å²) in [6.45, 7) is 5.60. The van der Waals surface area contributed by atoms with E-state index in [-0.39, 0.29) is 29.4 Å². The molecule has 1 saturated heterocycles. The third-order valence-corrected chi connectivity index (χ3v) is 6.26. The fourth-order valence-corrected chi connectivity index (χ4v) is 4.52. The first-order valence-electron chi connectivity index (χ1n) is 10.8. The minimum atomic E-state index is -0.0197. The highest BCUT2D eigenvalue weighted by Crippen LogP contribution is 2.41. The van der Waals surface area contributed by atoms with E-state index in [1.165, 1.54) is 37.7 Å². The summed E-state index contributed by atoms with van der Waals surface area (Å²) in [7, 11) is 0. The molecule has 0 spiro atoms. The van der Waals surface area contributed by atoms with Crippen LogP contribution in [0.1, 0.15) is 57.4 Å². The van der Waals surface area contributed by atoms with Crippen LogP contribution in [0.4, 0.5) is 0 Å². The molecule has 2 N–H and O–H groups in total. The number of halogens is 1. The number of nitrogens with zero attached hydrogens (tertiary/aromatic N) is 1. The highest BCUT2D eigenvalue weighted by Gasteiger charge is 2.35. The van der Waals surface area contributed by atoms with Crippen LogP contribution in [0.3, 0.4) is 0 Å². The van der Waals surface area contributed by atoms with Crippen molar-refractivity contribution in [2.45, 2.75) is 63.3 Å². The molecule has 1 saturated carbocycles. The molecule has 29 heavy (non-hydrogen) atoms. The molecule has 162 valence electrons. The highest BCUT2D eigenvalue weighted by molar-refractivity contribution is 14.0. The lowest BCUT2D eigenvalue weighted by Gasteiger charge is -2.37. The van der Waals surface area contributed by atoms with Gasteiger partial charge in [-0.25, -0.2) is 0 Å². The maximum Gasteiger partial charge on any atom is 0.231 e. The van der Waals surface area contributed by atoms with E-state index < -0.39 is 0 Å². The van der Waals surface area contributed by atoms with Crippen LogP contribution >= 0.6 is 24.0 Å². The number of benzene rings is 1. The summed E-state index contributed by atoms with van der Waals surface area (Å²) < 4.78 is 16.8. The number of aliphatic imine (C=N–C) groups is 1. The molecule has 1 aromatic carbocycles. The maximum atomic E-state index is 5.68. The van der Waals surface area contributed by atoms with Crippen molar-refractivity contribution in [1.82, 2.24) is 10.6 Å². The van der Waals surface area contributed by atoms with Gasteiger partial charge in [-0.1, -0.05) is 25.3 Å². The summed E-state index contributed by atoms with van der Waals surface area (Å²) in [4.78, 5) is 5.04. The Balaban J connectivity index is 0.00000240. The fourth-order valence-electron chi connectivity index (χ4n) is 4.52. The Kier molecular flexibility index (Phi) is 8.29. The van der Waals surface area contributed by atoms with Crippen LogP contribution in [0.2, 0.25) is 0 Å². The Hall–Kier alpha value is -1.22. The van der Waals surface area contributed by atoms with E-state index in [1.807, 2.05) is 6.07 Å². The molecule has 0 unspecified atom stereocenters. The Morgan fingerprint density at radius 1 is 1.10 bits per heavy atom. The second kappa shape index (κ2) is 10.7. The van der Waals surface area contributed by atoms with Crippen molar-refractivity contribution in [2.24, 2.45) is 4.99 Å². The first-order valence-corrected chi connectivity index (χ1v) is 10.8. The normalized spacial score (nSPS) is 21.3. The lowest BCUT2D eigenvalue weighted by molar-refractivity contribution is 0.0530. The predicted molar refractivity (Wildman–Crippen MR) is 126 cm³/mol. The molecule has 7 heteroatoms. The minimum absolute atomic E-state index is 0. The topological polar surface area (TPSA) is 64.1 Å². The zero-order valence-electron chi connectivity index (χ0n) is 17.4. The number of rotatable bonds is 5. The minimum Gasteiger partial charge on any atom is -0.454 e. The highest BCUT2D eigenvalue weighted by atomic mass is 127. The monoisotopic (exact) mass is 515 g/mol. The summed E-state index contributed by atoms with van der Waals surface area (Å²) in [6.07, 6.45) is 8.42. The molecule has 0 atom stereocenters. The van der Waals surface area contributed by atoms with Crippen molar-refractivity contribution in [2.75, 3.05) is 33.1 Å². The van der Waals surface area contributed by atoms with Gasteiger partial charge >= 0.3 is 0 Å². The molecular formula is C22H34IN3O3. The standard InChI is InChI=1S/C22H33N3O3.HI/c1-2-23-21(25-18-6-4-3-5-7-18)24-15-22(10-12-26-13-11-22)17-8-9-19-20(14-17)28-16-27-19;/h8-9,14,18H,2-7,10-13,15-16H2,1H3,(H2,23,24,25);1H. The molecule has 2 heterocycles. The summed E-state index contributed by atoms with van der Waals surface area (Å²) in [5.41, 5.74) is 1.26. The SMILES string of the molecule is CCNC(=NCC1(c2ccc3c(c2)OCO3)CCOCC1)NC1CCCCC1.I. The lowest BCUT2D eigenvalue weighted by atomic mass is 9.74. The van der Waals surface area contributed by atoms with Crippen LogP contribution in [-0.2, 0) is 10.2 Å².